The smallest absolute Gasteiger partial charge is 0.142 e. The van der Waals surface area contributed by atoms with Gasteiger partial charge in [0, 0.05) is 11.3 Å². The first-order chi connectivity index (χ1) is 11.7. The zero-order chi connectivity index (χ0) is 16.8. The van der Waals surface area contributed by atoms with Crippen LogP contribution in [0.3, 0.4) is 0 Å². The van der Waals surface area contributed by atoms with Crippen LogP contribution in [0, 0.1) is 13.8 Å². The minimum absolute atomic E-state index is 0.466. The molecule has 4 nitrogen and oxygen atoms in total. The maximum Gasteiger partial charge on any atom is 0.142 e. The van der Waals surface area contributed by atoms with Crippen molar-refractivity contribution in [2.24, 2.45) is 5.16 Å². The third-order valence-corrected chi connectivity index (χ3v) is 3.94. The Bertz CT molecular complexity index is 808. The van der Waals surface area contributed by atoms with Crippen LogP contribution in [0.4, 0.5) is 0 Å². The van der Waals surface area contributed by atoms with E-state index in [1.807, 2.05) is 60.1 Å². The first-order valence-corrected chi connectivity index (χ1v) is 8.01. The molecule has 1 aromatic heterocycles. The maximum absolute atomic E-state index is 5.39. The van der Waals surface area contributed by atoms with Crippen LogP contribution in [-0.2, 0) is 18.0 Å². The van der Waals surface area contributed by atoms with Gasteiger partial charge >= 0.3 is 0 Å². The van der Waals surface area contributed by atoms with Crippen molar-refractivity contribution in [2.75, 3.05) is 0 Å². The fraction of sp³-hybridized carbons (Fsp3) is 0.200. The van der Waals surface area contributed by atoms with Gasteiger partial charge in [0.05, 0.1) is 18.5 Å². The summed E-state index contributed by atoms with van der Waals surface area (Å²) < 4.78 is 2.00. The quantitative estimate of drug-likeness (QED) is 0.507. The van der Waals surface area contributed by atoms with Crippen molar-refractivity contribution in [3.8, 4) is 0 Å². The van der Waals surface area contributed by atoms with Crippen molar-refractivity contribution in [3.63, 3.8) is 0 Å². The molecule has 0 aliphatic carbocycles. The van der Waals surface area contributed by atoms with Crippen LogP contribution in [0.5, 0.6) is 0 Å². The lowest BCUT2D eigenvalue weighted by atomic mass is 10.2. The monoisotopic (exact) mass is 319 g/mol. The molecule has 0 amide bonds. The first-order valence-electron chi connectivity index (χ1n) is 8.01. The molecule has 3 rings (SSSR count). The number of rotatable bonds is 6. The van der Waals surface area contributed by atoms with Gasteiger partial charge in [-0.1, -0.05) is 65.8 Å². The highest BCUT2D eigenvalue weighted by Crippen LogP contribution is 2.13. The van der Waals surface area contributed by atoms with E-state index in [9.17, 15) is 0 Å². The molecule has 2 aromatic carbocycles. The van der Waals surface area contributed by atoms with Crippen LogP contribution < -0.4 is 0 Å². The van der Waals surface area contributed by atoms with E-state index in [1.165, 1.54) is 5.56 Å². The van der Waals surface area contributed by atoms with Gasteiger partial charge in [-0.3, -0.25) is 4.68 Å². The molecule has 3 aromatic rings. The van der Waals surface area contributed by atoms with Crippen molar-refractivity contribution >= 4 is 6.21 Å². The van der Waals surface area contributed by atoms with Crippen molar-refractivity contribution in [2.45, 2.75) is 27.0 Å². The first kappa shape index (κ1) is 16.0. The largest absolute Gasteiger partial charge is 0.391 e. The third-order valence-electron chi connectivity index (χ3n) is 3.94. The van der Waals surface area contributed by atoms with Gasteiger partial charge in [-0.2, -0.15) is 5.10 Å². The van der Waals surface area contributed by atoms with Gasteiger partial charge in [-0.05, 0) is 25.0 Å². The van der Waals surface area contributed by atoms with Crippen molar-refractivity contribution in [1.82, 2.24) is 9.78 Å². The molecule has 24 heavy (non-hydrogen) atoms. The molecule has 0 N–H and O–H groups in total. The second kappa shape index (κ2) is 7.59. The average molecular weight is 319 g/mol. The van der Waals surface area contributed by atoms with Gasteiger partial charge in [0.2, 0.25) is 0 Å². The van der Waals surface area contributed by atoms with E-state index in [2.05, 4.69) is 29.3 Å². The lowest BCUT2D eigenvalue weighted by molar-refractivity contribution is 0.132. The van der Waals surface area contributed by atoms with Crippen LogP contribution >= 0.6 is 0 Å². The summed E-state index contributed by atoms with van der Waals surface area (Å²) in [5.74, 6) is 0. The number of aromatic nitrogens is 2. The van der Waals surface area contributed by atoms with Crippen LogP contribution in [0.25, 0.3) is 0 Å². The molecule has 0 bridgehead atoms. The molecule has 0 radical (unpaired) electrons. The molecule has 1 heterocycles. The van der Waals surface area contributed by atoms with E-state index in [1.54, 1.807) is 6.21 Å². The topological polar surface area (TPSA) is 39.4 Å². The standard InChI is InChI=1S/C20H21N3O/c1-16-20(13-21-24-15-19-11-7-4-8-12-19)17(2)23(22-16)14-18-9-5-3-6-10-18/h3-13H,14-15H2,1-2H3/b21-13+. The number of nitrogens with zero attached hydrogens (tertiary/aromatic N) is 3. The SMILES string of the molecule is Cc1nn(Cc2ccccc2)c(C)c1/C=N/OCc1ccccc1. The maximum atomic E-state index is 5.39. The summed E-state index contributed by atoms with van der Waals surface area (Å²) in [6.07, 6.45) is 1.75. The van der Waals surface area contributed by atoms with Gasteiger partial charge in [0.15, 0.2) is 0 Å². The summed E-state index contributed by atoms with van der Waals surface area (Å²) >= 11 is 0. The molecule has 0 saturated carbocycles. The molecule has 0 unspecified atom stereocenters. The Labute approximate surface area is 142 Å². The second-order valence-corrected chi connectivity index (χ2v) is 5.72. The molecular formula is C20H21N3O. The zero-order valence-corrected chi connectivity index (χ0v) is 14.0. The van der Waals surface area contributed by atoms with Crippen LogP contribution in [-0.4, -0.2) is 16.0 Å². The van der Waals surface area contributed by atoms with Crippen LogP contribution in [0.15, 0.2) is 65.8 Å². The molecule has 0 atom stereocenters. The number of benzene rings is 2. The Morgan fingerprint density at radius 2 is 1.58 bits per heavy atom. The number of oxime groups is 1. The van der Waals surface area contributed by atoms with E-state index < -0.39 is 0 Å². The fourth-order valence-corrected chi connectivity index (χ4v) is 2.58. The van der Waals surface area contributed by atoms with Gasteiger partial charge in [-0.15, -0.1) is 0 Å². The van der Waals surface area contributed by atoms with Gasteiger partial charge in [0.1, 0.15) is 6.61 Å². The molecule has 0 fully saturated rings. The lowest BCUT2D eigenvalue weighted by Crippen LogP contribution is -2.04. The van der Waals surface area contributed by atoms with E-state index >= 15 is 0 Å². The van der Waals surface area contributed by atoms with Gasteiger partial charge in [-0.25, -0.2) is 0 Å². The van der Waals surface area contributed by atoms with Crippen molar-refractivity contribution in [1.29, 1.82) is 0 Å². The zero-order valence-electron chi connectivity index (χ0n) is 14.0. The van der Waals surface area contributed by atoms with Crippen LogP contribution in [0.2, 0.25) is 0 Å². The Hall–Kier alpha value is -2.88. The van der Waals surface area contributed by atoms with E-state index in [-0.39, 0.29) is 0 Å². The average Bonchev–Trinajstić information content (AvgIpc) is 2.87. The summed E-state index contributed by atoms with van der Waals surface area (Å²) in [5.41, 5.74) is 5.38. The Morgan fingerprint density at radius 1 is 0.958 bits per heavy atom. The Balaban J connectivity index is 1.66. The molecule has 0 aliphatic heterocycles. The number of hydrogen-bond donors (Lipinski definition) is 0. The summed E-state index contributed by atoms with van der Waals surface area (Å²) in [6, 6.07) is 20.3. The summed E-state index contributed by atoms with van der Waals surface area (Å²) in [5, 5.41) is 8.71. The van der Waals surface area contributed by atoms with Crippen molar-refractivity contribution < 1.29 is 4.84 Å². The normalized spacial score (nSPS) is 11.1. The molecule has 0 aliphatic rings. The fourth-order valence-electron chi connectivity index (χ4n) is 2.58. The third kappa shape index (κ3) is 3.90. The minimum Gasteiger partial charge on any atom is -0.391 e. The number of hydrogen-bond acceptors (Lipinski definition) is 3. The second-order valence-electron chi connectivity index (χ2n) is 5.72. The predicted molar refractivity (Wildman–Crippen MR) is 96.1 cm³/mol. The predicted octanol–water partition coefficient (Wildman–Crippen LogP) is 4.10. The van der Waals surface area contributed by atoms with Gasteiger partial charge in [0.25, 0.3) is 0 Å². The Kier molecular flexibility index (Phi) is 5.06. The molecule has 4 heteroatoms. The lowest BCUT2D eigenvalue weighted by Gasteiger charge is -2.04. The van der Waals surface area contributed by atoms with Crippen LogP contribution in [0.1, 0.15) is 28.1 Å². The highest BCUT2D eigenvalue weighted by atomic mass is 16.6. The van der Waals surface area contributed by atoms with Gasteiger partial charge < -0.3 is 4.84 Å². The summed E-state index contributed by atoms with van der Waals surface area (Å²) in [6.45, 7) is 5.27. The highest BCUT2D eigenvalue weighted by molar-refractivity contribution is 5.82. The van der Waals surface area contributed by atoms with E-state index in [4.69, 9.17) is 4.84 Å². The molecule has 0 spiro atoms. The highest BCUT2D eigenvalue weighted by Gasteiger charge is 2.10. The summed E-state index contributed by atoms with van der Waals surface area (Å²) in [7, 11) is 0. The number of aryl methyl sites for hydroxylation is 1. The molecule has 0 saturated heterocycles. The van der Waals surface area contributed by atoms with E-state index in [0.29, 0.717) is 6.61 Å². The molecule has 122 valence electrons. The summed E-state index contributed by atoms with van der Waals surface area (Å²) in [4.78, 5) is 5.39. The Morgan fingerprint density at radius 3 is 2.25 bits per heavy atom. The minimum atomic E-state index is 0.466. The van der Waals surface area contributed by atoms with Crippen molar-refractivity contribution in [3.05, 3.63) is 88.7 Å². The van der Waals surface area contributed by atoms with E-state index in [0.717, 1.165) is 29.1 Å². The molecular weight excluding hydrogens is 298 g/mol.